The summed E-state index contributed by atoms with van der Waals surface area (Å²) in [6, 6.07) is 15.7. The van der Waals surface area contributed by atoms with Gasteiger partial charge in [0.25, 0.3) is 5.91 Å². The summed E-state index contributed by atoms with van der Waals surface area (Å²) >= 11 is 0. The first-order valence-electron chi connectivity index (χ1n) is 10.1. The van der Waals surface area contributed by atoms with Gasteiger partial charge in [-0.1, -0.05) is 36.4 Å². The van der Waals surface area contributed by atoms with Gasteiger partial charge in [0, 0.05) is 24.2 Å². The number of aromatic amines is 1. The molecule has 1 amide bonds. The van der Waals surface area contributed by atoms with Gasteiger partial charge in [0.15, 0.2) is 5.69 Å². The van der Waals surface area contributed by atoms with Crippen molar-refractivity contribution in [3.63, 3.8) is 0 Å². The largest absolute Gasteiger partial charge is 0.372 e. The van der Waals surface area contributed by atoms with Crippen LogP contribution < -0.4 is 10.6 Å². The molecule has 0 aliphatic rings. The number of nitrogens with one attached hydrogen (secondary N) is 3. The number of hydrogen-bond acceptors (Lipinski definition) is 6. The number of H-pyrrole nitrogens is 1. The minimum absolute atomic E-state index is 0.305. The highest BCUT2D eigenvalue weighted by atomic mass is 16.2. The van der Waals surface area contributed by atoms with Crippen molar-refractivity contribution in [1.29, 1.82) is 0 Å². The van der Waals surface area contributed by atoms with Gasteiger partial charge in [-0.15, -0.1) is 0 Å². The van der Waals surface area contributed by atoms with E-state index in [9.17, 15) is 4.79 Å². The lowest BCUT2D eigenvalue weighted by molar-refractivity contribution is 0.102. The number of hydrogen-bond donors (Lipinski definition) is 3. The number of nitrogens with zero attached hydrogens (tertiary/aromatic N) is 5. The van der Waals surface area contributed by atoms with E-state index in [-0.39, 0.29) is 5.91 Å². The van der Waals surface area contributed by atoms with Crippen molar-refractivity contribution in [2.24, 2.45) is 0 Å². The molecule has 0 saturated carbocycles. The van der Waals surface area contributed by atoms with Crippen LogP contribution in [-0.4, -0.2) is 42.9 Å². The van der Waals surface area contributed by atoms with E-state index in [4.69, 9.17) is 0 Å². The summed E-state index contributed by atoms with van der Waals surface area (Å²) in [6.07, 6.45) is 6.77. The molecule has 0 unspecified atom stereocenters. The van der Waals surface area contributed by atoms with Crippen molar-refractivity contribution in [3.05, 3.63) is 84.6 Å². The van der Waals surface area contributed by atoms with E-state index >= 15 is 0 Å². The van der Waals surface area contributed by atoms with Crippen LogP contribution in [0.15, 0.2) is 73.3 Å². The smallest absolute Gasteiger partial charge is 0.276 e. The Hall–Kier alpha value is -4.53. The highest BCUT2D eigenvalue weighted by Crippen LogP contribution is 2.24. The predicted octanol–water partition coefficient (Wildman–Crippen LogP) is 3.56. The second-order valence-corrected chi connectivity index (χ2v) is 7.24. The zero-order valence-electron chi connectivity index (χ0n) is 17.3. The topological polar surface area (TPSA) is 113 Å². The summed E-state index contributed by atoms with van der Waals surface area (Å²) in [5.41, 5.74) is 4.40. The van der Waals surface area contributed by atoms with Gasteiger partial charge in [0.1, 0.15) is 5.82 Å². The second-order valence-electron chi connectivity index (χ2n) is 7.24. The molecule has 5 rings (SSSR count). The van der Waals surface area contributed by atoms with Crippen molar-refractivity contribution in [3.8, 4) is 11.3 Å². The summed E-state index contributed by atoms with van der Waals surface area (Å²) in [5, 5.41) is 18.1. The SMILES string of the molecule is CNc1cncc(-c2ccc3c(C(=O)Nc4cnn(Cc5ccccc5)c4)n[nH]c3c2)n1. The van der Waals surface area contributed by atoms with Crippen molar-refractivity contribution >= 4 is 28.3 Å². The molecule has 0 aliphatic heterocycles. The van der Waals surface area contributed by atoms with Crippen LogP contribution in [0.5, 0.6) is 0 Å². The minimum Gasteiger partial charge on any atom is -0.372 e. The lowest BCUT2D eigenvalue weighted by Gasteiger charge is -2.04. The van der Waals surface area contributed by atoms with Crippen molar-refractivity contribution in [1.82, 2.24) is 29.9 Å². The lowest BCUT2D eigenvalue weighted by Crippen LogP contribution is -2.12. The molecule has 0 spiro atoms. The van der Waals surface area contributed by atoms with Crippen LogP contribution in [0.1, 0.15) is 16.1 Å². The number of anilines is 2. The molecule has 9 heteroatoms. The van der Waals surface area contributed by atoms with E-state index in [1.54, 1.807) is 36.5 Å². The Balaban J connectivity index is 1.34. The van der Waals surface area contributed by atoms with E-state index < -0.39 is 0 Å². The molecule has 158 valence electrons. The summed E-state index contributed by atoms with van der Waals surface area (Å²) in [7, 11) is 1.79. The number of aromatic nitrogens is 6. The van der Waals surface area contributed by atoms with Crippen molar-refractivity contribution < 1.29 is 4.79 Å². The van der Waals surface area contributed by atoms with E-state index in [0.717, 1.165) is 27.7 Å². The fourth-order valence-electron chi connectivity index (χ4n) is 3.45. The first-order valence-corrected chi connectivity index (χ1v) is 10.1. The number of fused-ring (bicyclic) bond motifs is 1. The van der Waals surface area contributed by atoms with E-state index in [0.29, 0.717) is 23.7 Å². The molecule has 3 heterocycles. The first-order chi connectivity index (χ1) is 15.7. The van der Waals surface area contributed by atoms with Gasteiger partial charge in [0.05, 0.1) is 42.0 Å². The number of carbonyl (C=O) groups is 1. The third-order valence-corrected chi connectivity index (χ3v) is 5.04. The fourth-order valence-corrected chi connectivity index (χ4v) is 3.45. The summed E-state index contributed by atoms with van der Waals surface area (Å²) < 4.78 is 1.78. The maximum absolute atomic E-state index is 12.8. The maximum atomic E-state index is 12.8. The zero-order chi connectivity index (χ0) is 21.9. The van der Waals surface area contributed by atoms with Gasteiger partial charge >= 0.3 is 0 Å². The molecular formula is C23H20N8O. The summed E-state index contributed by atoms with van der Waals surface area (Å²) in [4.78, 5) is 21.5. The van der Waals surface area contributed by atoms with Gasteiger partial charge in [0.2, 0.25) is 0 Å². The molecule has 3 aromatic heterocycles. The second kappa shape index (κ2) is 8.31. The van der Waals surface area contributed by atoms with Gasteiger partial charge in [-0.2, -0.15) is 10.2 Å². The Bertz CT molecular complexity index is 1390. The number of rotatable bonds is 6. The predicted molar refractivity (Wildman–Crippen MR) is 122 cm³/mol. The van der Waals surface area contributed by atoms with Crippen molar-refractivity contribution in [2.75, 3.05) is 17.7 Å². The van der Waals surface area contributed by atoms with E-state index in [1.165, 1.54) is 0 Å². The average molecular weight is 424 g/mol. The molecule has 0 saturated heterocycles. The fraction of sp³-hybridized carbons (Fsp3) is 0.0870. The van der Waals surface area contributed by atoms with Gasteiger partial charge in [-0.3, -0.25) is 19.6 Å². The summed E-state index contributed by atoms with van der Waals surface area (Å²) in [6.45, 7) is 0.627. The molecule has 32 heavy (non-hydrogen) atoms. The Morgan fingerprint density at radius 1 is 1.09 bits per heavy atom. The molecule has 9 nitrogen and oxygen atoms in total. The number of benzene rings is 2. The van der Waals surface area contributed by atoms with Gasteiger partial charge in [-0.05, 0) is 17.7 Å². The Morgan fingerprint density at radius 2 is 1.97 bits per heavy atom. The molecular weight excluding hydrogens is 404 g/mol. The Morgan fingerprint density at radius 3 is 2.81 bits per heavy atom. The standard InChI is InChI=1S/C23H20N8O/c1-24-21-12-25-11-20(28-21)16-7-8-18-19(9-16)29-30-22(18)23(32)27-17-10-26-31(14-17)13-15-5-3-2-4-6-15/h2-12,14H,13H2,1H3,(H,24,28)(H,27,32)(H,29,30). The molecule has 0 atom stereocenters. The highest BCUT2D eigenvalue weighted by molar-refractivity contribution is 6.11. The quantitative estimate of drug-likeness (QED) is 0.384. The molecule has 0 radical (unpaired) electrons. The Labute approximate surface area is 183 Å². The maximum Gasteiger partial charge on any atom is 0.276 e. The average Bonchev–Trinajstić information content (AvgIpc) is 3.46. The Kier molecular flexibility index (Phi) is 5.04. The van der Waals surface area contributed by atoms with Crippen LogP contribution in [0.2, 0.25) is 0 Å². The van der Waals surface area contributed by atoms with E-state index in [1.807, 2.05) is 48.5 Å². The molecule has 0 bridgehead atoms. The molecule has 3 N–H and O–H groups in total. The third kappa shape index (κ3) is 3.91. The van der Waals surface area contributed by atoms with E-state index in [2.05, 4.69) is 35.9 Å². The van der Waals surface area contributed by atoms with Crippen LogP contribution in [0, 0.1) is 0 Å². The van der Waals surface area contributed by atoms with Gasteiger partial charge in [-0.25, -0.2) is 4.98 Å². The minimum atomic E-state index is -0.305. The van der Waals surface area contributed by atoms with Crippen LogP contribution >= 0.6 is 0 Å². The highest BCUT2D eigenvalue weighted by Gasteiger charge is 2.16. The van der Waals surface area contributed by atoms with Crippen LogP contribution in [0.25, 0.3) is 22.2 Å². The van der Waals surface area contributed by atoms with Crippen LogP contribution in [0.3, 0.4) is 0 Å². The molecule has 5 aromatic rings. The molecule has 2 aromatic carbocycles. The lowest BCUT2D eigenvalue weighted by atomic mass is 10.1. The van der Waals surface area contributed by atoms with Gasteiger partial charge < -0.3 is 10.6 Å². The molecule has 0 fully saturated rings. The third-order valence-electron chi connectivity index (χ3n) is 5.04. The van der Waals surface area contributed by atoms with Crippen molar-refractivity contribution in [2.45, 2.75) is 6.54 Å². The number of amides is 1. The zero-order valence-corrected chi connectivity index (χ0v) is 17.3. The molecule has 0 aliphatic carbocycles. The monoisotopic (exact) mass is 424 g/mol. The summed E-state index contributed by atoms with van der Waals surface area (Å²) in [5.74, 6) is 0.375. The first kappa shape index (κ1) is 19.4. The number of carbonyl (C=O) groups excluding carboxylic acids is 1. The normalized spacial score (nSPS) is 10.9. The van der Waals surface area contributed by atoms with Crippen LogP contribution in [-0.2, 0) is 6.54 Å². The van der Waals surface area contributed by atoms with Crippen LogP contribution in [0.4, 0.5) is 11.5 Å².